The average molecular weight is 471 g/mol. The van der Waals surface area contributed by atoms with Crippen molar-refractivity contribution >= 4 is 35.6 Å². The lowest BCUT2D eigenvalue weighted by molar-refractivity contribution is 0.232. The fraction of sp³-hybridized carbons (Fsp3) is 0.650. The van der Waals surface area contributed by atoms with Crippen LogP contribution in [0.25, 0.3) is 0 Å². The van der Waals surface area contributed by atoms with Crippen molar-refractivity contribution in [1.29, 1.82) is 0 Å². The summed E-state index contributed by atoms with van der Waals surface area (Å²) in [6, 6.07) is 6.84. The van der Waals surface area contributed by atoms with Crippen molar-refractivity contribution in [3.63, 3.8) is 0 Å². The number of halogens is 1. The highest BCUT2D eigenvalue weighted by atomic mass is 127. The minimum atomic E-state index is 0. The molecular weight excluding hydrogens is 437 g/mol. The molecule has 1 saturated heterocycles. The van der Waals surface area contributed by atoms with Gasteiger partial charge in [-0.1, -0.05) is 18.6 Å². The second-order valence-corrected chi connectivity index (χ2v) is 7.24. The van der Waals surface area contributed by atoms with Gasteiger partial charge in [-0.2, -0.15) is 0 Å². The Labute approximate surface area is 175 Å². The van der Waals surface area contributed by atoms with Crippen LogP contribution in [-0.2, 0) is 13.0 Å². The number of hydrogen-bond acceptors (Lipinski definition) is 3. The molecule has 0 saturated carbocycles. The highest BCUT2D eigenvalue weighted by Gasteiger charge is 2.14. The van der Waals surface area contributed by atoms with Gasteiger partial charge in [0.1, 0.15) is 0 Å². The van der Waals surface area contributed by atoms with E-state index in [2.05, 4.69) is 50.7 Å². The molecule has 1 aromatic carbocycles. The molecule has 0 unspecified atom stereocenters. The normalized spacial score (nSPS) is 18.1. The van der Waals surface area contributed by atoms with Crippen molar-refractivity contribution in [3.05, 3.63) is 29.3 Å². The van der Waals surface area contributed by atoms with Gasteiger partial charge in [0.05, 0.1) is 0 Å². The number of benzene rings is 1. The van der Waals surface area contributed by atoms with Crippen LogP contribution in [0.3, 0.4) is 0 Å². The maximum Gasteiger partial charge on any atom is 0.191 e. The highest BCUT2D eigenvalue weighted by Crippen LogP contribution is 2.26. The quantitative estimate of drug-likeness (QED) is 0.394. The first-order chi connectivity index (χ1) is 12.3. The van der Waals surface area contributed by atoms with Gasteiger partial charge in [0.25, 0.3) is 0 Å². The van der Waals surface area contributed by atoms with Crippen molar-refractivity contribution < 1.29 is 0 Å². The lowest BCUT2D eigenvalue weighted by atomic mass is 9.99. The SMILES string of the molecule is CN=C(NCCN1CCCCC1)NCc1ccc2c(c1)CCCN2C.I. The number of likely N-dealkylation sites (tertiary alicyclic amines) is 1. The second-order valence-electron chi connectivity index (χ2n) is 7.24. The number of guanidine groups is 1. The number of fused-ring (bicyclic) bond motifs is 1. The van der Waals surface area contributed by atoms with E-state index in [9.17, 15) is 0 Å². The molecule has 0 spiro atoms. The first-order valence-electron chi connectivity index (χ1n) is 9.76. The van der Waals surface area contributed by atoms with Crippen molar-refractivity contribution in [1.82, 2.24) is 15.5 Å². The Hall–Kier alpha value is -1.02. The van der Waals surface area contributed by atoms with E-state index in [0.29, 0.717) is 0 Å². The van der Waals surface area contributed by atoms with Crippen LogP contribution in [0.2, 0.25) is 0 Å². The summed E-state index contributed by atoms with van der Waals surface area (Å²) in [6.07, 6.45) is 6.53. The number of anilines is 1. The molecule has 1 fully saturated rings. The van der Waals surface area contributed by atoms with Crippen LogP contribution in [-0.4, -0.2) is 57.7 Å². The third-order valence-corrected chi connectivity index (χ3v) is 5.35. The van der Waals surface area contributed by atoms with Crippen molar-refractivity contribution in [2.45, 2.75) is 38.6 Å². The molecule has 0 amide bonds. The first-order valence-corrected chi connectivity index (χ1v) is 9.76. The summed E-state index contributed by atoms with van der Waals surface area (Å²) >= 11 is 0. The summed E-state index contributed by atoms with van der Waals surface area (Å²) in [5, 5.41) is 6.89. The van der Waals surface area contributed by atoms with Crippen LogP contribution in [0.15, 0.2) is 23.2 Å². The van der Waals surface area contributed by atoms with Gasteiger partial charge in [-0.15, -0.1) is 24.0 Å². The number of aryl methyl sites for hydroxylation is 1. The molecule has 1 aromatic rings. The summed E-state index contributed by atoms with van der Waals surface area (Å²) in [7, 11) is 4.03. The smallest absolute Gasteiger partial charge is 0.191 e. The Bertz CT molecular complexity index is 584. The maximum atomic E-state index is 4.35. The number of nitrogens with zero attached hydrogens (tertiary/aromatic N) is 3. The third kappa shape index (κ3) is 6.01. The largest absolute Gasteiger partial charge is 0.374 e. The Balaban J connectivity index is 0.00000243. The Morgan fingerprint density at radius 3 is 2.65 bits per heavy atom. The van der Waals surface area contributed by atoms with Gasteiger partial charge in [0.2, 0.25) is 0 Å². The molecule has 0 aromatic heterocycles. The van der Waals surface area contributed by atoms with Gasteiger partial charge >= 0.3 is 0 Å². The molecule has 2 aliphatic rings. The van der Waals surface area contributed by atoms with Crippen LogP contribution >= 0.6 is 24.0 Å². The zero-order chi connectivity index (χ0) is 17.5. The lowest BCUT2D eigenvalue weighted by Crippen LogP contribution is -2.42. The molecule has 0 bridgehead atoms. The minimum absolute atomic E-state index is 0. The van der Waals surface area contributed by atoms with Crippen LogP contribution in [0.4, 0.5) is 5.69 Å². The number of nitrogens with one attached hydrogen (secondary N) is 2. The van der Waals surface area contributed by atoms with E-state index in [0.717, 1.165) is 32.1 Å². The molecule has 0 atom stereocenters. The van der Waals surface area contributed by atoms with Crippen molar-refractivity contribution in [2.24, 2.45) is 4.99 Å². The molecule has 3 rings (SSSR count). The fourth-order valence-corrected chi connectivity index (χ4v) is 3.87. The van der Waals surface area contributed by atoms with E-state index < -0.39 is 0 Å². The van der Waals surface area contributed by atoms with E-state index in [1.807, 2.05) is 7.05 Å². The molecule has 0 radical (unpaired) electrons. The van der Waals surface area contributed by atoms with Gasteiger partial charge in [-0.25, -0.2) is 0 Å². The van der Waals surface area contributed by atoms with E-state index in [1.165, 1.54) is 62.0 Å². The molecule has 2 aliphatic heterocycles. The van der Waals surface area contributed by atoms with Crippen molar-refractivity contribution in [3.8, 4) is 0 Å². The summed E-state index contributed by atoms with van der Waals surface area (Å²) < 4.78 is 0. The minimum Gasteiger partial charge on any atom is -0.374 e. The number of hydrogen-bond donors (Lipinski definition) is 2. The van der Waals surface area contributed by atoms with Gasteiger partial charge in [0.15, 0.2) is 5.96 Å². The lowest BCUT2D eigenvalue weighted by Gasteiger charge is -2.28. The van der Waals surface area contributed by atoms with Gasteiger partial charge in [0, 0.05) is 46.0 Å². The molecule has 2 N–H and O–H groups in total. The maximum absolute atomic E-state index is 4.35. The standard InChI is InChI=1S/C20H33N5.HI/c1-21-20(22-10-14-25-12-4-3-5-13-25)23-16-17-8-9-19-18(15-17)7-6-11-24(19)2;/h8-9,15H,3-7,10-14,16H2,1-2H3,(H2,21,22,23);1H. The van der Waals surface area contributed by atoms with E-state index in [-0.39, 0.29) is 24.0 Å². The summed E-state index contributed by atoms with van der Waals surface area (Å²) in [5.74, 6) is 0.895. The average Bonchev–Trinajstić information content (AvgIpc) is 2.65. The summed E-state index contributed by atoms with van der Waals surface area (Å²) in [6.45, 7) is 6.54. The highest BCUT2D eigenvalue weighted by molar-refractivity contribution is 14.0. The monoisotopic (exact) mass is 471 g/mol. The predicted molar refractivity (Wildman–Crippen MR) is 122 cm³/mol. The van der Waals surface area contributed by atoms with Crippen molar-refractivity contribution in [2.75, 3.05) is 51.7 Å². The van der Waals surface area contributed by atoms with E-state index >= 15 is 0 Å². The molecule has 5 nitrogen and oxygen atoms in total. The fourth-order valence-electron chi connectivity index (χ4n) is 3.87. The molecular formula is C20H34IN5. The summed E-state index contributed by atoms with van der Waals surface area (Å²) in [4.78, 5) is 9.26. The number of rotatable bonds is 5. The van der Waals surface area contributed by atoms with Gasteiger partial charge in [-0.3, -0.25) is 4.99 Å². The molecule has 2 heterocycles. The van der Waals surface area contributed by atoms with E-state index in [4.69, 9.17) is 0 Å². The zero-order valence-electron chi connectivity index (χ0n) is 16.3. The third-order valence-electron chi connectivity index (χ3n) is 5.35. The number of piperidine rings is 1. The van der Waals surface area contributed by atoms with Gasteiger partial charge < -0.3 is 20.4 Å². The van der Waals surface area contributed by atoms with Crippen LogP contribution in [0, 0.1) is 0 Å². The molecule has 6 heteroatoms. The van der Waals surface area contributed by atoms with Crippen LogP contribution in [0.5, 0.6) is 0 Å². The Morgan fingerprint density at radius 2 is 1.88 bits per heavy atom. The van der Waals surface area contributed by atoms with Crippen LogP contribution in [0.1, 0.15) is 36.8 Å². The van der Waals surface area contributed by atoms with Gasteiger partial charge in [-0.05, 0) is 56.0 Å². The van der Waals surface area contributed by atoms with E-state index in [1.54, 1.807) is 0 Å². The Kier molecular flexibility index (Phi) is 8.98. The summed E-state index contributed by atoms with van der Waals surface area (Å²) in [5.41, 5.74) is 4.19. The Morgan fingerprint density at radius 1 is 1.08 bits per heavy atom. The molecule has 26 heavy (non-hydrogen) atoms. The molecule has 0 aliphatic carbocycles. The zero-order valence-corrected chi connectivity index (χ0v) is 18.6. The number of aliphatic imine (C=N–C) groups is 1. The van der Waals surface area contributed by atoms with Crippen LogP contribution < -0.4 is 15.5 Å². The first kappa shape index (κ1) is 21.3. The predicted octanol–water partition coefficient (Wildman–Crippen LogP) is 2.84. The molecule has 146 valence electrons. The second kappa shape index (κ2) is 11.0. The topological polar surface area (TPSA) is 42.9 Å².